The van der Waals surface area contributed by atoms with Crippen LogP contribution in [0.3, 0.4) is 0 Å². The summed E-state index contributed by atoms with van der Waals surface area (Å²) in [6, 6.07) is 28.3. The van der Waals surface area contributed by atoms with Gasteiger partial charge < -0.3 is 0 Å². The SMILES string of the molecule is [C-]#[N+]C(C1=NC2=NC(C(C#N)c3ccccc3)=NC3=NC(C([N+]#[C-])c4ccccc4)=NC(=N1)N23)c1ccccc1. The Bertz CT molecular complexity index is 1570. The lowest BCUT2D eigenvalue weighted by molar-refractivity contribution is 0.812. The predicted octanol–water partition coefficient (Wildman–Crippen LogP) is 5.22. The van der Waals surface area contributed by atoms with Crippen molar-refractivity contribution in [1.29, 1.82) is 5.26 Å². The molecule has 188 valence electrons. The third-order valence-corrected chi connectivity index (χ3v) is 6.39. The predicted molar refractivity (Wildman–Crippen MR) is 153 cm³/mol. The molecule has 3 heterocycles. The van der Waals surface area contributed by atoms with Crippen molar-refractivity contribution in [2.45, 2.75) is 18.0 Å². The van der Waals surface area contributed by atoms with Gasteiger partial charge in [0.25, 0.3) is 0 Å². The van der Waals surface area contributed by atoms with Gasteiger partial charge in [-0.05, 0) is 5.56 Å². The molecule has 0 amide bonds. The van der Waals surface area contributed by atoms with E-state index in [0.717, 1.165) is 11.1 Å². The molecule has 3 aliphatic heterocycles. The van der Waals surface area contributed by atoms with E-state index in [1.54, 1.807) is 0 Å². The van der Waals surface area contributed by atoms with Crippen molar-refractivity contribution in [3.8, 4) is 6.07 Å². The molecule has 40 heavy (non-hydrogen) atoms. The fourth-order valence-corrected chi connectivity index (χ4v) is 4.47. The Morgan fingerprint density at radius 2 is 0.925 bits per heavy atom. The van der Waals surface area contributed by atoms with Crippen LogP contribution in [-0.2, 0) is 0 Å². The van der Waals surface area contributed by atoms with E-state index in [9.17, 15) is 5.26 Å². The number of aliphatic imine (C=N–C) groups is 6. The molecule has 10 nitrogen and oxygen atoms in total. The van der Waals surface area contributed by atoms with Crippen molar-refractivity contribution >= 4 is 35.4 Å². The zero-order chi connectivity index (χ0) is 27.5. The van der Waals surface area contributed by atoms with Crippen molar-refractivity contribution in [1.82, 2.24) is 4.90 Å². The van der Waals surface area contributed by atoms with E-state index in [1.165, 1.54) is 4.90 Å². The van der Waals surface area contributed by atoms with Crippen LogP contribution in [0.25, 0.3) is 9.69 Å². The van der Waals surface area contributed by atoms with Crippen LogP contribution in [0.2, 0.25) is 0 Å². The fourth-order valence-electron chi connectivity index (χ4n) is 4.47. The highest BCUT2D eigenvalue weighted by Crippen LogP contribution is 2.30. The number of amidine groups is 3. The second-order valence-electron chi connectivity index (χ2n) is 8.84. The Hall–Kier alpha value is -6.05. The third kappa shape index (κ3) is 4.34. The Balaban J connectivity index is 1.53. The molecule has 0 spiro atoms. The van der Waals surface area contributed by atoms with Gasteiger partial charge in [0, 0.05) is 11.1 Å². The smallest absolute Gasteiger partial charge is 0.300 e. The van der Waals surface area contributed by atoms with E-state index in [2.05, 4.69) is 45.7 Å². The molecule has 3 unspecified atom stereocenters. The van der Waals surface area contributed by atoms with Crippen molar-refractivity contribution in [3.63, 3.8) is 0 Å². The Morgan fingerprint density at radius 3 is 1.32 bits per heavy atom. The maximum Gasteiger partial charge on any atom is 0.307 e. The van der Waals surface area contributed by atoms with Crippen molar-refractivity contribution in [2.75, 3.05) is 0 Å². The van der Waals surface area contributed by atoms with Gasteiger partial charge >= 0.3 is 12.1 Å². The number of nitrogens with zero attached hydrogens (tertiary/aromatic N) is 10. The molecule has 3 atom stereocenters. The molecule has 3 aromatic rings. The number of hydrogen-bond donors (Lipinski definition) is 0. The van der Waals surface area contributed by atoms with E-state index in [4.69, 9.17) is 13.1 Å². The van der Waals surface area contributed by atoms with Gasteiger partial charge in [-0.2, -0.15) is 35.2 Å². The summed E-state index contributed by atoms with van der Waals surface area (Å²) in [7, 11) is 0. The molecular weight excluding hydrogens is 500 g/mol. The molecule has 0 aliphatic carbocycles. The summed E-state index contributed by atoms with van der Waals surface area (Å²) in [5.41, 5.74) is 2.15. The minimum absolute atomic E-state index is 0.159. The zero-order valence-corrected chi connectivity index (χ0v) is 20.9. The second kappa shape index (κ2) is 10.4. The summed E-state index contributed by atoms with van der Waals surface area (Å²) < 4.78 is 0. The first kappa shape index (κ1) is 24.3. The standard InChI is InChI=1S/C30H18N10/c1-32-23(20-14-8-4-9-15-20)26-36-28-34-25(22(18-31)19-12-6-3-7-13-19)35-29-37-27(39-30(38-26)40(28)29)24(33-2)21-16-10-5-11-17-21/h3-17,22-24H. The molecule has 0 saturated carbocycles. The van der Waals surface area contributed by atoms with Crippen molar-refractivity contribution in [3.05, 3.63) is 131 Å². The van der Waals surface area contributed by atoms with E-state index < -0.39 is 18.0 Å². The molecule has 6 rings (SSSR count). The van der Waals surface area contributed by atoms with Crippen LogP contribution in [-0.4, -0.2) is 40.3 Å². The number of benzene rings is 3. The summed E-state index contributed by atoms with van der Waals surface area (Å²) in [6.07, 6.45) is 0. The number of hydrogen-bond acceptors (Lipinski definition) is 8. The highest BCUT2D eigenvalue weighted by molar-refractivity contribution is 6.31. The Labute approximate surface area is 230 Å². The molecule has 0 aromatic heterocycles. The minimum Gasteiger partial charge on any atom is -0.300 e. The molecule has 10 heteroatoms. The quantitative estimate of drug-likeness (QED) is 0.417. The summed E-state index contributed by atoms with van der Waals surface area (Å²) in [5.74, 6) is 0.278. The van der Waals surface area contributed by atoms with E-state index >= 15 is 0 Å². The average Bonchev–Trinajstić information content (AvgIpc) is 3.00. The number of rotatable bonds is 6. The molecule has 0 radical (unpaired) electrons. The minimum atomic E-state index is -0.812. The Morgan fingerprint density at radius 1 is 0.550 bits per heavy atom. The van der Waals surface area contributed by atoms with E-state index in [-0.39, 0.29) is 35.4 Å². The largest absolute Gasteiger partial charge is 0.307 e. The maximum atomic E-state index is 10.1. The van der Waals surface area contributed by atoms with Crippen LogP contribution in [0.1, 0.15) is 34.7 Å². The normalized spacial score (nSPS) is 17.5. The zero-order valence-electron chi connectivity index (χ0n) is 20.9. The van der Waals surface area contributed by atoms with Crippen LogP contribution in [0.4, 0.5) is 0 Å². The lowest BCUT2D eigenvalue weighted by Gasteiger charge is -2.31. The van der Waals surface area contributed by atoms with Crippen molar-refractivity contribution < 1.29 is 0 Å². The fraction of sp³-hybridized carbons (Fsp3) is 0.100. The topological polar surface area (TPSA) is 110 Å². The van der Waals surface area contributed by atoms with Gasteiger partial charge in [-0.15, -0.1) is 0 Å². The summed E-state index contributed by atoms with van der Waals surface area (Å²) >= 11 is 0. The molecular formula is C30H18N10. The molecule has 3 aromatic carbocycles. The van der Waals surface area contributed by atoms with Gasteiger partial charge in [-0.3, -0.25) is 9.69 Å². The van der Waals surface area contributed by atoms with Gasteiger partial charge in [0.15, 0.2) is 5.84 Å². The maximum absolute atomic E-state index is 10.1. The molecule has 0 saturated heterocycles. The lowest BCUT2D eigenvalue weighted by atomic mass is 9.99. The third-order valence-electron chi connectivity index (χ3n) is 6.39. The highest BCUT2D eigenvalue weighted by Gasteiger charge is 2.41. The van der Waals surface area contributed by atoms with Crippen LogP contribution in [0.15, 0.2) is 121 Å². The summed E-state index contributed by atoms with van der Waals surface area (Å²) in [5, 5.41) is 10.1. The van der Waals surface area contributed by atoms with Gasteiger partial charge in [-0.25, -0.2) is 18.0 Å². The molecule has 0 fully saturated rings. The number of nitriles is 1. The van der Waals surface area contributed by atoms with Crippen LogP contribution >= 0.6 is 0 Å². The van der Waals surface area contributed by atoms with Crippen LogP contribution < -0.4 is 0 Å². The number of guanidine groups is 3. The van der Waals surface area contributed by atoms with Gasteiger partial charge in [0.2, 0.25) is 29.5 Å². The second-order valence-corrected chi connectivity index (χ2v) is 8.84. The monoisotopic (exact) mass is 518 g/mol. The molecule has 0 N–H and O–H groups in total. The van der Waals surface area contributed by atoms with Gasteiger partial charge in [-0.1, -0.05) is 91.0 Å². The molecule has 3 aliphatic rings. The first-order valence-electron chi connectivity index (χ1n) is 12.3. The average molecular weight is 519 g/mol. The van der Waals surface area contributed by atoms with E-state index in [0.29, 0.717) is 5.56 Å². The summed E-state index contributed by atoms with van der Waals surface area (Å²) in [6.45, 7) is 15.8. The first-order valence-corrected chi connectivity index (χ1v) is 12.3. The van der Waals surface area contributed by atoms with Crippen LogP contribution in [0, 0.1) is 24.5 Å². The lowest BCUT2D eigenvalue weighted by Crippen LogP contribution is -2.49. The first-order chi connectivity index (χ1) is 19.7. The van der Waals surface area contributed by atoms with Gasteiger partial charge in [0.1, 0.15) is 5.92 Å². The van der Waals surface area contributed by atoms with Crippen LogP contribution in [0.5, 0.6) is 0 Å². The van der Waals surface area contributed by atoms with E-state index in [1.807, 2.05) is 91.0 Å². The van der Waals surface area contributed by atoms with Gasteiger partial charge in [0.05, 0.1) is 6.07 Å². The van der Waals surface area contributed by atoms with Crippen molar-refractivity contribution in [2.24, 2.45) is 30.0 Å². The Kier molecular flexibility index (Phi) is 6.30. The highest BCUT2D eigenvalue weighted by atomic mass is 15.5. The molecule has 0 bridgehead atoms. The summed E-state index contributed by atoms with van der Waals surface area (Å²) in [4.78, 5) is 36.9.